The number of fused-ring (bicyclic) bond motifs is 1. The van der Waals surface area contributed by atoms with Crippen LogP contribution in [0.4, 0.5) is 5.82 Å². The lowest BCUT2D eigenvalue weighted by atomic mass is 9.96. The molecule has 0 bridgehead atoms. The molecule has 3 rings (SSSR count). The molecule has 0 spiro atoms. The second-order valence-corrected chi connectivity index (χ2v) is 6.44. The summed E-state index contributed by atoms with van der Waals surface area (Å²) in [4.78, 5) is 4.08. The number of rotatable bonds is 1. The van der Waals surface area contributed by atoms with Crippen molar-refractivity contribution in [3.05, 3.63) is 18.5 Å². The zero-order chi connectivity index (χ0) is 11.8. The molecule has 0 atom stereocenters. The Morgan fingerprint density at radius 1 is 1.29 bits per heavy atom. The van der Waals surface area contributed by atoms with Gasteiger partial charge in [0.15, 0.2) is 0 Å². The van der Waals surface area contributed by atoms with Crippen LogP contribution in [0.2, 0.25) is 0 Å². The average molecular weight is 342 g/mol. The number of anilines is 1. The smallest absolute Gasteiger partial charge is 0.124 e. The third kappa shape index (κ3) is 2.25. The van der Waals surface area contributed by atoms with Crippen LogP contribution < -0.4 is 5.73 Å². The van der Waals surface area contributed by atoms with Crippen molar-refractivity contribution in [3.63, 3.8) is 0 Å². The van der Waals surface area contributed by atoms with Crippen LogP contribution in [0.25, 0.3) is 10.9 Å². The summed E-state index contributed by atoms with van der Waals surface area (Å²) in [5, 5.41) is 5.69. The summed E-state index contributed by atoms with van der Waals surface area (Å²) >= 11 is 2.55. The molecule has 1 aliphatic rings. The van der Waals surface area contributed by atoms with Crippen molar-refractivity contribution >= 4 is 39.3 Å². The first kappa shape index (κ1) is 11.3. The van der Waals surface area contributed by atoms with Gasteiger partial charge in [-0.1, -0.05) is 22.6 Å². The van der Waals surface area contributed by atoms with Crippen LogP contribution in [0.5, 0.6) is 0 Å². The molecule has 17 heavy (non-hydrogen) atoms. The van der Waals surface area contributed by atoms with E-state index in [2.05, 4.69) is 43.6 Å². The first-order chi connectivity index (χ1) is 8.22. The SMILES string of the molecule is Nc1cc2cn(C3CCC(I)CC3)nc2cn1. The minimum Gasteiger partial charge on any atom is -0.384 e. The third-order valence-electron chi connectivity index (χ3n) is 3.43. The molecule has 1 fully saturated rings. The monoisotopic (exact) mass is 342 g/mol. The van der Waals surface area contributed by atoms with E-state index in [1.807, 2.05) is 6.07 Å². The standard InChI is InChI=1S/C12H15IN4/c13-9-1-3-10(4-2-9)17-7-8-5-12(14)15-6-11(8)16-17/h5-7,9-10H,1-4,14H2. The molecule has 0 aliphatic heterocycles. The van der Waals surface area contributed by atoms with Gasteiger partial charge < -0.3 is 5.73 Å². The number of nitrogen functional groups attached to an aromatic ring is 1. The Labute approximate surface area is 114 Å². The molecule has 2 aromatic heterocycles. The quantitative estimate of drug-likeness (QED) is 0.640. The lowest BCUT2D eigenvalue weighted by Gasteiger charge is -2.25. The number of nitrogens with zero attached hydrogens (tertiary/aromatic N) is 3. The van der Waals surface area contributed by atoms with E-state index in [1.54, 1.807) is 6.20 Å². The van der Waals surface area contributed by atoms with E-state index in [9.17, 15) is 0 Å². The minimum absolute atomic E-state index is 0.551. The maximum Gasteiger partial charge on any atom is 0.124 e. The second-order valence-electron chi connectivity index (χ2n) is 4.68. The number of hydrogen-bond donors (Lipinski definition) is 1. The van der Waals surface area contributed by atoms with Crippen molar-refractivity contribution in [3.8, 4) is 0 Å². The highest BCUT2D eigenvalue weighted by Gasteiger charge is 2.21. The molecule has 0 radical (unpaired) electrons. The van der Waals surface area contributed by atoms with Gasteiger partial charge in [0.05, 0.1) is 12.2 Å². The van der Waals surface area contributed by atoms with Crippen LogP contribution in [0, 0.1) is 0 Å². The highest BCUT2D eigenvalue weighted by Crippen LogP contribution is 2.32. The molecule has 0 saturated heterocycles. The van der Waals surface area contributed by atoms with Gasteiger partial charge in [0.2, 0.25) is 0 Å². The molecule has 1 saturated carbocycles. The summed E-state index contributed by atoms with van der Waals surface area (Å²) < 4.78 is 2.94. The summed E-state index contributed by atoms with van der Waals surface area (Å²) in [6, 6.07) is 2.44. The minimum atomic E-state index is 0.551. The first-order valence-electron chi connectivity index (χ1n) is 5.97. The molecule has 5 heteroatoms. The normalized spacial score (nSPS) is 25.2. The fourth-order valence-electron chi connectivity index (χ4n) is 2.45. The van der Waals surface area contributed by atoms with Crippen molar-refractivity contribution in [1.82, 2.24) is 14.8 Å². The molecule has 4 nitrogen and oxygen atoms in total. The van der Waals surface area contributed by atoms with E-state index >= 15 is 0 Å². The maximum absolute atomic E-state index is 5.68. The molecule has 2 N–H and O–H groups in total. The number of nitrogens with two attached hydrogens (primary N) is 1. The fraction of sp³-hybridized carbons (Fsp3) is 0.500. The summed E-state index contributed by atoms with van der Waals surface area (Å²) in [6.07, 6.45) is 8.90. The Bertz CT molecular complexity index is 528. The van der Waals surface area contributed by atoms with Crippen LogP contribution in [-0.4, -0.2) is 18.7 Å². The van der Waals surface area contributed by atoms with Gasteiger partial charge in [0, 0.05) is 15.5 Å². The zero-order valence-corrected chi connectivity index (χ0v) is 11.7. The van der Waals surface area contributed by atoms with E-state index in [-0.39, 0.29) is 0 Å². The van der Waals surface area contributed by atoms with E-state index in [4.69, 9.17) is 5.73 Å². The van der Waals surface area contributed by atoms with Gasteiger partial charge in [-0.05, 0) is 31.7 Å². The zero-order valence-electron chi connectivity index (χ0n) is 9.51. The van der Waals surface area contributed by atoms with Gasteiger partial charge in [-0.3, -0.25) is 4.68 Å². The fourth-order valence-corrected chi connectivity index (χ4v) is 3.17. The van der Waals surface area contributed by atoms with Crippen LogP contribution in [0.1, 0.15) is 31.7 Å². The van der Waals surface area contributed by atoms with E-state index in [0.717, 1.165) is 14.8 Å². The number of aromatic nitrogens is 3. The number of halogens is 1. The topological polar surface area (TPSA) is 56.7 Å². The number of pyridine rings is 1. The largest absolute Gasteiger partial charge is 0.384 e. The van der Waals surface area contributed by atoms with Crippen LogP contribution in [0.3, 0.4) is 0 Å². The predicted molar refractivity (Wildman–Crippen MR) is 77.3 cm³/mol. The number of alkyl halides is 1. The van der Waals surface area contributed by atoms with Gasteiger partial charge >= 0.3 is 0 Å². The molecule has 90 valence electrons. The van der Waals surface area contributed by atoms with Crippen molar-refractivity contribution in [1.29, 1.82) is 0 Å². The summed E-state index contributed by atoms with van der Waals surface area (Å²) in [5.74, 6) is 0.563. The highest BCUT2D eigenvalue weighted by atomic mass is 127. The lowest BCUT2D eigenvalue weighted by molar-refractivity contribution is 0.341. The molecule has 2 aromatic rings. The molecule has 0 amide bonds. The Hall–Kier alpha value is -0.850. The van der Waals surface area contributed by atoms with Gasteiger partial charge in [0.25, 0.3) is 0 Å². The Balaban J connectivity index is 1.90. The highest BCUT2D eigenvalue weighted by molar-refractivity contribution is 14.1. The molecular weight excluding hydrogens is 327 g/mol. The van der Waals surface area contributed by atoms with Gasteiger partial charge in [0.1, 0.15) is 11.3 Å². The van der Waals surface area contributed by atoms with E-state index < -0.39 is 0 Å². The molecule has 2 heterocycles. The van der Waals surface area contributed by atoms with E-state index in [1.165, 1.54) is 25.7 Å². The van der Waals surface area contributed by atoms with Crippen LogP contribution in [-0.2, 0) is 0 Å². The predicted octanol–water partition coefficient (Wildman–Crippen LogP) is 2.93. The summed E-state index contributed by atoms with van der Waals surface area (Å²) in [7, 11) is 0. The lowest BCUT2D eigenvalue weighted by Crippen LogP contribution is -2.18. The van der Waals surface area contributed by atoms with Gasteiger partial charge in [-0.25, -0.2) is 4.98 Å². The van der Waals surface area contributed by atoms with Crippen molar-refractivity contribution in [2.45, 2.75) is 35.6 Å². The Morgan fingerprint density at radius 3 is 2.82 bits per heavy atom. The van der Waals surface area contributed by atoms with Gasteiger partial charge in [-0.2, -0.15) is 5.10 Å². The van der Waals surface area contributed by atoms with Crippen molar-refractivity contribution < 1.29 is 0 Å². The van der Waals surface area contributed by atoms with Crippen molar-refractivity contribution in [2.75, 3.05) is 5.73 Å². The molecular formula is C12H15IN4. The first-order valence-corrected chi connectivity index (χ1v) is 7.21. The summed E-state index contributed by atoms with van der Waals surface area (Å²) in [6.45, 7) is 0. The molecule has 1 aliphatic carbocycles. The second kappa shape index (κ2) is 4.44. The number of hydrogen-bond acceptors (Lipinski definition) is 3. The summed E-state index contributed by atoms with van der Waals surface area (Å²) in [5.41, 5.74) is 6.62. The molecule has 0 unspecified atom stereocenters. The maximum atomic E-state index is 5.68. The van der Waals surface area contributed by atoms with Gasteiger partial charge in [-0.15, -0.1) is 0 Å². The van der Waals surface area contributed by atoms with Crippen molar-refractivity contribution in [2.24, 2.45) is 0 Å². The average Bonchev–Trinajstić information content (AvgIpc) is 2.72. The molecule has 0 aromatic carbocycles. The Morgan fingerprint density at radius 2 is 2.06 bits per heavy atom. The van der Waals surface area contributed by atoms with Crippen LogP contribution >= 0.6 is 22.6 Å². The van der Waals surface area contributed by atoms with E-state index in [0.29, 0.717) is 11.9 Å². The van der Waals surface area contributed by atoms with Crippen LogP contribution in [0.15, 0.2) is 18.5 Å². The third-order valence-corrected chi connectivity index (χ3v) is 4.68. The Kier molecular flexibility index (Phi) is 2.94.